The molecule has 0 spiro atoms. The number of aryl methyl sites for hydroxylation is 1. The van der Waals surface area contributed by atoms with Gasteiger partial charge < -0.3 is 9.80 Å². The van der Waals surface area contributed by atoms with Gasteiger partial charge >= 0.3 is 0 Å². The average molecular weight is 512 g/mol. The first-order valence-electron chi connectivity index (χ1n) is 10.8. The van der Waals surface area contributed by atoms with Crippen LogP contribution in [0.25, 0.3) is 11.7 Å². The number of nitrogens with zero attached hydrogens (tertiary/aromatic N) is 5. The molecule has 5 rings (SSSR count). The average Bonchev–Trinajstić information content (AvgIpc) is 3.08. The molecule has 2 aliphatic rings. The molecule has 174 valence electrons. The van der Waals surface area contributed by atoms with Crippen molar-refractivity contribution >= 4 is 69.0 Å². The van der Waals surface area contributed by atoms with Crippen LogP contribution in [0.1, 0.15) is 11.1 Å². The SMILES string of the molecule is Cc1cccn2c(=O)c(C=C3SC(=S)N(C)C3=O)c(N3CCN(c4cccc(Cl)c4)CC3)nc12. The normalized spacial score (nSPS) is 18.0. The van der Waals surface area contributed by atoms with Crippen molar-refractivity contribution in [2.24, 2.45) is 0 Å². The zero-order valence-corrected chi connectivity index (χ0v) is 21.1. The number of pyridine rings is 1. The first-order chi connectivity index (χ1) is 16.3. The summed E-state index contributed by atoms with van der Waals surface area (Å²) in [6.07, 6.45) is 3.35. The van der Waals surface area contributed by atoms with Crippen molar-refractivity contribution in [3.8, 4) is 0 Å². The van der Waals surface area contributed by atoms with Crippen LogP contribution in [-0.4, -0.2) is 57.7 Å². The molecule has 0 unspecified atom stereocenters. The number of rotatable bonds is 3. The van der Waals surface area contributed by atoms with Crippen LogP contribution in [0.4, 0.5) is 11.5 Å². The first-order valence-corrected chi connectivity index (χ1v) is 12.4. The lowest BCUT2D eigenvalue weighted by Gasteiger charge is -2.37. The maximum Gasteiger partial charge on any atom is 0.267 e. The second-order valence-corrected chi connectivity index (χ2v) is 10.3. The largest absolute Gasteiger partial charge is 0.368 e. The Balaban J connectivity index is 1.56. The number of halogens is 1. The van der Waals surface area contributed by atoms with Gasteiger partial charge in [-0.15, -0.1) is 0 Å². The molecule has 2 aromatic heterocycles. The maximum atomic E-state index is 13.6. The van der Waals surface area contributed by atoms with Gasteiger partial charge in [-0.3, -0.25) is 18.9 Å². The van der Waals surface area contributed by atoms with Gasteiger partial charge in [-0.1, -0.05) is 47.7 Å². The van der Waals surface area contributed by atoms with Crippen LogP contribution in [-0.2, 0) is 4.79 Å². The highest BCUT2D eigenvalue weighted by Crippen LogP contribution is 2.33. The van der Waals surface area contributed by atoms with Crippen molar-refractivity contribution in [3.05, 3.63) is 74.0 Å². The number of aromatic nitrogens is 2. The maximum absolute atomic E-state index is 13.6. The number of benzene rings is 1. The summed E-state index contributed by atoms with van der Waals surface area (Å²) in [5.74, 6) is 0.381. The summed E-state index contributed by atoms with van der Waals surface area (Å²) in [6.45, 7) is 4.80. The lowest BCUT2D eigenvalue weighted by atomic mass is 10.2. The number of hydrogen-bond acceptors (Lipinski definition) is 7. The molecule has 0 bridgehead atoms. The lowest BCUT2D eigenvalue weighted by Crippen LogP contribution is -2.47. The summed E-state index contributed by atoms with van der Waals surface area (Å²) < 4.78 is 2.01. The van der Waals surface area contributed by atoms with E-state index in [-0.39, 0.29) is 11.5 Å². The molecule has 10 heteroatoms. The molecule has 3 aromatic rings. The summed E-state index contributed by atoms with van der Waals surface area (Å²) in [7, 11) is 1.64. The topological polar surface area (TPSA) is 61.2 Å². The van der Waals surface area contributed by atoms with Gasteiger partial charge in [-0.2, -0.15) is 0 Å². The minimum atomic E-state index is -0.208. The fraction of sp³-hybridized carbons (Fsp3) is 0.250. The Labute approximate surface area is 211 Å². The molecule has 2 fully saturated rings. The smallest absolute Gasteiger partial charge is 0.267 e. The summed E-state index contributed by atoms with van der Waals surface area (Å²) in [4.78, 5) is 37.4. The molecule has 1 aromatic carbocycles. The molecule has 2 aliphatic heterocycles. The van der Waals surface area contributed by atoms with Crippen molar-refractivity contribution in [2.75, 3.05) is 43.0 Å². The van der Waals surface area contributed by atoms with E-state index >= 15 is 0 Å². The van der Waals surface area contributed by atoms with E-state index in [1.54, 1.807) is 23.7 Å². The number of carbonyl (C=O) groups is 1. The second-order valence-electron chi connectivity index (χ2n) is 8.23. The molecular weight excluding hydrogens is 490 g/mol. The fourth-order valence-corrected chi connectivity index (χ4v) is 5.54. The van der Waals surface area contributed by atoms with Gasteiger partial charge in [0, 0.05) is 50.1 Å². The van der Waals surface area contributed by atoms with Gasteiger partial charge in [0.2, 0.25) is 0 Å². The third kappa shape index (κ3) is 4.08. The van der Waals surface area contributed by atoms with E-state index in [0.29, 0.717) is 44.4 Å². The zero-order valence-electron chi connectivity index (χ0n) is 18.7. The minimum absolute atomic E-state index is 0.206. The third-order valence-electron chi connectivity index (χ3n) is 6.08. The number of amides is 1. The van der Waals surface area contributed by atoms with Crippen LogP contribution < -0.4 is 15.4 Å². The highest BCUT2D eigenvalue weighted by atomic mass is 35.5. The molecule has 4 heterocycles. The summed E-state index contributed by atoms with van der Waals surface area (Å²) in [5.41, 5.74) is 2.78. The van der Waals surface area contributed by atoms with Crippen LogP contribution in [0.5, 0.6) is 0 Å². The molecule has 1 amide bonds. The van der Waals surface area contributed by atoms with Gasteiger partial charge in [-0.25, -0.2) is 4.98 Å². The Morgan fingerprint density at radius 3 is 2.50 bits per heavy atom. The van der Waals surface area contributed by atoms with E-state index < -0.39 is 0 Å². The molecule has 0 radical (unpaired) electrons. The number of thiocarbonyl (C=S) groups is 1. The number of likely N-dealkylation sites (N-methyl/N-ethyl adjacent to an activating group) is 1. The predicted octanol–water partition coefficient (Wildman–Crippen LogP) is 3.81. The van der Waals surface area contributed by atoms with Crippen molar-refractivity contribution in [3.63, 3.8) is 0 Å². The molecular formula is C24H22ClN5O2S2. The summed E-state index contributed by atoms with van der Waals surface area (Å²) in [5, 5.41) is 0.704. The van der Waals surface area contributed by atoms with Gasteiger partial charge in [0.25, 0.3) is 11.5 Å². The van der Waals surface area contributed by atoms with E-state index in [2.05, 4.69) is 9.80 Å². The number of thioether (sulfide) groups is 1. The van der Waals surface area contributed by atoms with E-state index in [0.717, 1.165) is 24.3 Å². The second kappa shape index (κ2) is 9.05. The number of piperazine rings is 1. The summed E-state index contributed by atoms with van der Waals surface area (Å²) >= 11 is 12.6. The molecule has 0 aliphatic carbocycles. The Bertz CT molecular complexity index is 1410. The Morgan fingerprint density at radius 1 is 1.09 bits per heavy atom. The Kier molecular flexibility index (Phi) is 6.09. The van der Waals surface area contributed by atoms with Crippen molar-refractivity contribution in [1.82, 2.24) is 14.3 Å². The predicted molar refractivity (Wildman–Crippen MR) is 143 cm³/mol. The van der Waals surface area contributed by atoms with Crippen LogP contribution in [0.3, 0.4) is 0 Å². The molecule has 2 saturated heterocycles. The molecule has 0 N–H and O–H groups in total. The molecule has 34 heavy (non-hydrogen) atoms. The summed E-state index contributed by atoms with van der Waals surface area (Å²) in [6, 6.07) is 11.6. The monoisotopic (exact) mass is 511 g/mol. The lowest BCUT2D eigenvalue weighted by molar-refractivity contribution is -0.121. The van der Waals surface area contributed by atoms with Gasteiger partial charge in [0.05, 0.1) is 10.5 Å². The highest BCUT2D eigenvalue weighted by molar-refractivity contribution is 8.26. The van der Waals surface area contributed by atoms with Crippen LogP contribution >= 0.6 is 35.6 Å². The molecule has 0 atom stereocenters. The fourth-order valence-electron chi connectivity index (χ4n) is 4.19. The first kappa shape index (κ1) is 22.9. The third-order valence-corrected chi connectivity index (χ3v) is 7.80. The number of carbonyl (C=O) groups excluding carboxylic acids is 1. The zero-order chi connectivity index (χ0) is 24.0. The van der Waals surface area contributed by atoms with Gasteiger partial charge in [0.1, 0.15) is 15.8 Å². The van der Waals surface area contributed by atoms with E-state index in [1.165, 1.54) is 16.7 Å². The van der Waals surface area contributed by atoms with Crippen LogP contribution in [0.2, 0.25) is 5.02 Å². The standard InChI is InChI=1S/C24H22ClN5O2S2/c1-15-5-4-8-30-20(15)26-21(18(22(30)31)14-19-23(32)27(2)24(33)34-19)29-11-9-28(10-12-29)17-7-3-6-16(25)13-17/h3-8,13-14H,9-12H2,1-2H3. The quantitative estimate of drug-likeness (QED) is 0.391. The Morgan fingerprint density at radius 2 is 1.82 bits per heavy atom. The van der Waals surface area contributed by atoms with Gasteiger partial charge in [0.15, 0.2) is 0 Å². The van der Waals surface area contributed by atoms with Crippen LogP contribution in [0.15, 0.2) is 52.3 Å². The van der Waals surface area contributed by atoms with E-state index in [9.17, 15) is 9.59 Å². The van der Waals surface area contributed by atoms with E-state index in [4.69, 9.17) is 28.8 Å². The highest BCUT2D eigenvalue weighted by Gasteiger charge is 2.30. The van der Waals surface area contributed by atoms with Crippen LogP contribution in [0, 0.1) is 6.92 Å². The van der Waals surface area contributed by atoms with Gasteiger partial charge in [-0.05, 0) is 42.8 Å². The number of hydrogen-bond donors (Lipinski definition) is 0. The Hall–Kier alpha value is -2.88. The number of anilines is 2. The van der Waals surface area contributed by atoms with Crippen molar-refractivity contribution in [2.45, 2.75) is 6.92 Å². The molecule has 0 saturated carbocycles. The van der Waals surface area contributed by atoms with Crippen molar-refractivity contribution in [1.29, 1.82) is 0 Å². The number of fused-ring (bicyclic) bond motifs is 1. The van der Waals surface area contributed by atoms with E-state index in [1.807, 2.05) is 43.3 Å². The molecule has 7 nitrogen and oxygen atoms in total. The van der Waals surface area contributed by atoms with Crippen molar-refractivity contribution < 1.29 is 4.79 Å². The minimum Gasteiger partial charge on any atom is -0.368 e.